The van der Waals surface area contributed by atoms with Crippen LogP contribution in [-0.4, -0.2) is 28.9 Å². The fourth-order valence-corrected chi connectivity index (χ4v) is 3.75. The molecule has 96 valence electrons. The Morgan fingerprint density at radius 1 is 1.28 bits per heavy atom. The zero-order valence-electron chi connectivity index (χ0n) is 10.8. The van der Waals surface area contributed by atoms with Gasteiger partial charge >= 0.3 is 0 Å². The first-order chi connectivity index (χ1) is 8.79. The van der Waals surface area contributed by atoms with Gasteiger partial charge < -0.3 is 5.21 Å². The van der Waals surface area contributed by atoms with E-state index >= 15 is 0 Å². The first kappa shape index (κ1) is 11.7. The molecular formula is C15H20N2O. The Balaban J connectivity index is 1.75. The van der Waals surface area contributed by atoms with Gasteiger partial charge in [0, 0.05) is 12.5 Å². The smallest absolute Gasteiger partial charge is 0.0775 e. The largest absolute Gasteiger partial charge is 0.411 e. The third-order valence-electron chi connectivity index (χ3n) is 4.51. The zero-order chi connectivity index (χ0) is 12.5. The van der Waals surface area contributed by atoms with Crippen LogP contribution in [0.3, 0.4) is 0 Å². The molecule has 2 saturated carbocycles. The molecule has 18 heavy (non-hydrogen) atoms. The highest BCUT2D eigenvalue weighted by Crippen LogP contribution is 2.44. The van der Waals surface area contributed by atoms with Crippen molar-refractivity contribution in [1.29, 1.82) is 0 Å². The molecule has 0 radical (unpaired) electrons. The zero-order valence-corrected chi connectivity index (χ0v) is 10.8. The van der Waals surface area contributed by atoms with Crippen LogP contribution in [-0.2, 0) is 6.54 Å². The van der Waals surface area contributed by atoms with E-state index in [0.717, 1.165) is 12.3 Å². The highest BCUT2D eigenvalue weighted by Gasteiger charge is 2.47. The van der Waals surface area contributed by atoms with Crippen LogP contribution in [0.5, 0.6) is 0 Å². The van der Waals surface area contributed by atoms with Crippen LogP contribution >= 0.6 is 0 Å². The topological polar surface area (TPSA) is 35.8 Å². The Labute approximate surface area is 108 Å². The highest BCUT2D eigenvalue weighted by molar-refractivity contribution is 5.94. The van der Waals surface area contributed by atoms with Crippen molar-refractivity contribution >= 4 is 5.71 Å². The van der Waals surface area contributed by atoms with Gasteiger partial charge in [-0.25, -0.2) is 0 Å². The molecule has 0 spiro atoms. The molecule has 0 heterocycles. The SMILES string of the molecule is CN(Cc1ccccc1)[C@@H]1/C(=N\O)[C@H]2CC[C@H]1C2. The van der Waals surface area contributed by atoms with Gasteiger partial charge in [-0.15, -0.1) is 0 Å². The second-order valence-corrected chi connectivity index (χ2v) is 5.64. The molecule has 2 aliphatic carbocycles. The number of hydrogen-bond donors (Lipinski definition) is 1. The molecule has 3 heteroatoms. The van der Waals surface area contributed by atoms with Gasteiger partial charge in [0.25, 0.3) is 0 Å². The summed E-state index contributed by atoms with van der Waals surface area (Å²) in [5, 5.41) is 12.8. The molecule has 2 fully saturated rings. The van der Waals surface area contributed by atoms with Gasteiger partial charge in [-0.3, -0.25) is 4.90 Å². The second-order valence-electron chi connectivity index (χ2n) is 5.64. The standard InChI is InChI=1S/C15H20N2O/c1-17(10-11-5-3-2-4-6-11)15-13-8-7-12(9-13)14(15)16-18/h2-6,12-13,15,18H,7-10H2,1H3/b16-14-/t12-,13-,15-/m0/s1. The van der Waals surface area contributed by atoms with Crippen LogP contribution in [0.25, 0.3) is 0 Å². The predicted octanol–water partition coefficient (Wildman–Crippen LogP) is 2.75. The van der Waals surface area contributed by atoms with E-state index in [1.54, 1.807) is 0 Å². The summed E-state index contributed by atoms with van der Waals surface area (Å²) >= 11 is 0. The van der Waals surface area contributed by atoms with E-state index in [2.05, 4.69) is 41.4 Å². The van der Waals surface area contributed by atoms with Crippen molar-refractivity contribution in [1.82, 2.24) is 4.90 Å². The van der Waals surface area contributed by atoms with Gasteiger partial charge in [0.15, 0.2) is 0 Å². The third kappa shape index (κ3) is 1.93. The summed E-state index contributed by atoms with van der Waals surface area (Å²) < 4.78 is 0. The van der Waals surface area contributed by atoms with E-state index in [4.69, 9.17) is 0 Å². The van der Waals surface area contributed by atoms with Crippen LogP contribution in [0.15, 0.2) is 35.5 Å². The fourth-order valence-electron chi connectivity index (χ4n) is 3.75. The molecule has 2 aliphatic rings. The lowest BCUT2D eigenvalue weighted by molar-refractivity contribution is 0.222. The van der Waals surface area contributed by atoms with Crippen molar-refractivity contribution in [2.24, 2.45) is 17.0 Å². The highest BCUT2D eigenvalue weighted by atomic mass is 16.4. The van der Waals surface area contributed by atoms with Crippen molar-refractivity contribution in [3.05, 3.63) is 35.9 Å². The van der Waals surface area contributed by atoms with E-state index in [1.807, 2.05) is 6.07 Å². The summed E-state index contributed by atoms with van der Waals surface area (Å²) in [4.78, 5) is 2.34. The van der Waals surface area contributed by atoms with Crippen molar-refractivity contribution in [2.45, 2.75) is 31.8 Å². The first-order valence-electron chi connectivity index (χ1n) is 6.75. The lowest BCUT2D eigenvalue weighted by Crippen LogP contribution is -2.42. The minimum absolute atomic E-state index is 0.342. The first-order valence-corrected chi connectivity index (χ1v) is 6.75. The van der Waals surface area contributed by atoms with Crippen LogP contribution in [0.4, 0.5) is 0 Å². The maximum Gasteiger partial charge on any atom is 0.0775 e. The summed E-state index contributed by atoms with van der Waals surface area (Å²) in [5.41, 5.74) is 2.34. The van der Waals surface area contributed by atoms with Gasteiger partial charge in [-0.1, -0.05) is 35.5 Å². The quantitative estimate of drug-likeness (QED) is 0.655. The van der Waals surface area contributed by atoms with Crippen molar-refractivity contribution in [3.8, 4) is 0 Å². The minimum atomic E-state index is 0.342. The summed E-state index contributed by atoms with van der Waals surface area (Å²) in [6.07, 6.45) is 3.70. The van der Waals surface area contributed by atoms with Crippen LogP contribution < -0.4 is 0 Å². The number of oxime groups is 1. The Bertz CT molecular complexity index is 443. The molecule has 3 nitrogen and oxygen atoms in total. The minimum Gasteiger partial charge on any atom is -0.411 e. The van der Waals surface area contributed by atoms with E-state index in [9.17, 15) is 5.21 Å². The van der Waals surface area contributed by atoms with Crippen molar-refractivity contribution < 1.29 is 5.21 Å². The number of fused-ring (bicyclic) bond motifs is 2. The molecule has 0 unspecified atom stereocenters. The molecule has 1 aromatic carbocycles. The number of rotatable bonds is 3. The summed E-state index contributed by atoms with van der Waals surface area (Å²) in [6, 6.07) is 10.8. The van der Waals surface area contributed by atoms with Gasteiger partial charge in [-0.2, -0.15) is 0 Å². The normalized spacial score (nSPS) is 32.6. The Kier molecular flexibility index (Phi) is 3.08. The maximum absolute atomic E-state index is 9.23. The fraction of sp³-hybridized carbons (Fsp3) is 0.533. The molecule has 2 bridgehead atoms. The molecule has 1 N–H and O–H groups in total. The molecule has 1 aromatic rings. The lowest BCUT2D eigenvalue weighted by atomic mass is 9.92. The lowest BCUT2D eigenvalue weighted by Gasteiger charge is -2.31. The van der Waals surface area contributed by atoms with Gasteiger partial charge in [0.1, 0.15) is 0 Å². The van der Waals surface area contributed by atoms with Gasteiger partial charge in [0.2, 0.25) is 0 Å². The van der Waals surface area contributed by atoms with E-state index < -0.39 is 0 Å². The molecular weight excluding hydrogens is 224 g/mol. The average Bonchev–Trinajstić information content (AvgIpc) is 2.99. The number of nitrogens with zero attached hydrogens (tertiary/aromatic N) is 2. The van der Waals surface area contributed by atoms with Crippen LogP contribution in [0, 0.1) is 11.8 Å². The molecule has 0 saturated heterocycles. The van der Waals surface area contributed by atoms with Crippen LogP contribution in [0.2, 0.25) is 0 Å². The van der Waals surface area contributed by atoms with E-state index in [-0.39, 0.29) is 0 Å². The second kappa shape index (κ2) is 4.73. The van der Waals surface area contributed by atoms with Gasteiger partial charge in [0.05, 0.1) is 11.8 Å². The predicted molar refractivity (Wildman–Crippen MR) is 71.7 cm³/mol. The van der Waals surface area contributed by atoms with E-state index in [1.165, 1.54) is 24.8 Å². The average molecular weight is 244 g/mol. The number of hydrogen-bond acceptors (Lipinski definition) is 3. The molecule has 3 rings (SSSR count). The monoisotopic (exact) mass is 244 g/mol. The Hall–Kier alpha value is -1.35. The van der Waals surface area contributed by atoms with Crippen molar-refractivity contribution in [3.63, 3.8) is 0 Å². The van der Waals surface area contributed by atoms with Crippen molar-refractivity contribution in [2.75, 3.05) is 7.05 Å². The summed E-state index contributed by atoms with van der Waals surface area (Å²) in [6.45, 7) is 0.924. The Morgan fingerprint density at radius 3 is 2.78 bits per heavy atom. The molecule has 3 atom stereocenters. The van der Waals surface area contributed by atoms with E-state index in [0.29, 0.717) is 17.9 Å². The molecule has 0 aromatic heterocycles. The maximum atomic E-state index is 9.23. The Morgan fingerprint density at radius 2 is 2.06 bits per heavy atom. The third-order valence-corrected chi connectivity index (χ3v) is 4.51. The van der Waals surface area contributed by atoms with Gasteiger partial charge in [-0.05, 0) is 37.8 Å². The van der Waals surface area contributed by atoms with Crippen LogP contribution in [0.1, 0.15) is 24.8 Å². The molecule has 0 aliphatic heterocycles. The number of benzene rings is 1. The summed E-state index contributed by atoms with van der Waals surface area (Å²) in [5.74, 6) is 1.22. The molecule has 0 amide bonds. The summed E-state index contributed by atoms with van der Waals surface area (Å²) in [7, 11) is 2.14.